The minimum absolute atomic E-state index is 0.560. The number of rotatable bonds is 3. The van der Waals surface area contributed by atoms with Crippen molar-refractivity contribution in [2.75, 3.05) is 5.32 Å². The molecule has 0 unspecified atom stereocenters. The summed E-state index contributed by atoms with van der Waals surface area (Å²) in [5.41, 5.74) is 3.12. The van der Waals surface area contributed by atoms with Crippen molar-refractivity contribution in [3.05, 3.63) is 40.7 Å². The van der Waals surface area contributed by atoms with E-state index in [0.717, 1.165) is 17.8 Å². The van der Waals surface area contributed by atoms with Crippen molar-refractivity contribution in [1.82, 2.24) is 9.78 Å². The van der Waals surface area contributed by atoms with E-state index >= 15 is 0 Å². The normalized spacial score (nSPS) is 10.1. The van der Waals surface area contributed by atoms with Crippen molar-refractivity contribution in [2.24, 2.45) is 7.05 Å². The van der Waals surface area contributed by atoms with Crippen LogP contribution in [0, 0.1) is 11.3 Å². The van der Waals surface area contributed by atoms with Crippen LogP contribution in [0.1, 0.15) is 18.2 Å². The smallest absolute Gasteiger partial charge is 0.101 e. The third kappa shape index (κ3) is 2.47. The number of nitrogens with zero attached hydrogens (tertiary/aromatic N) is 3. The molecule has 0 amide bonds. The highest BCUT2D eigenvalue weighted by Gasteiger charge is 2.09. The van der Waals surface area contributed by atoms with Gasteiger partial charge in [0.1, 0.15) is 6.07 Å². The van der Waals surface area contributed by atoms with E-state index in [4.69, 9.17) is 16.9 Å². The molecule has 0 atom stereocenters. The molecule has 1 heterocycles. The van der Waals surface area contributed by atoms with Crippen LogP contribution in [0.4, 0.5) is 11.4 Å². The van der Waals surface area contributed by atoms with E-state index in [1.54, 1.807) is 22.9 Å². The number of anilines is 2. The Bertz CT molecular complexity index is 610. The zero-order chi connectivity index (χ0) is 13.1. The maximum atomic E-state index is 9.07. The fourth-order valence-electron chi connectivity index (χ4n) is 1.76. The van der Waals surface area contributed by atoms with Crippen LogP contribution in [0.25, 0.3) is 0 Å². The molecule has 0 aliphatic carbocycles. The van der Waals surface area contributed by atoms with E-state index in [1.165, 1.54) is 0 Å². The zero-order valence-electron chi connectivity index (χ0n) is 10.2. The van der Waals surface area contributed by atoms with Crippen LogP contribution in [-0.2, 0) is 13.5 Å². The van der Waals surface area contributed by atoms with E-state index in [9.17, 15) is 0 Å². The van der Waals surface area contributed by atoms with Gasteiger partial charge in [0.15, 0.2) is 0 Å². The first-order chi connectivity index (χ1) is 8.63. The van der Waals surface area contributed by atoms with Crippen molar-refractivity contribution in [2.45, 2.75) is 13.3 Å². The molecule has 18 heavy (non-hydrogen) atoms. The van der Waals surface area contributed by atoms with Crippen LogP contribution >= 0.6 is 11.6 Å². The van der Waals surface area contributed by atoms with Gasteiger partial charge in [0.25, 0.3) is 0 Å². The van der Waals surface area contributed by atoms with Gasteiger partial charge >= 0.3 is 0 Å². The van der Waals surface area contributed by atoms with Gasteiger partial charge in [0, 0.05) is 18.3 Å². The van der Waals surface area contributed by atoms with E-state index in [1.807, 2.05) is 20.2 Å². The monoisotopic (exact) mass is 260 g/mol. The van der Waals surface area contributed by atoms with Crippen molar-refractivity contribution >= 4 is 23.0 Å². The predicted molar refractivity (Wildman–Crippen MR) is 72.0 cm³/mol. The Hall–Kier alpha value is -1.99. The van der Waals surface area contributed by atoms with E-state index < -0.39 is 0 Å². The molecule has 4 nitrogen and oxygen atoms in total. The van der Waals surface area contributed by atoms with Crippen LogP contribution in [-0.4, -0.2) is 9.78 Å². The molecule has 0 spiro atoms. The van der Waals surface area contributed by atoms with E-state index in [-0.39, 0.29) is 0 Å². The van der Waals surface area contributed by atoms with Crippen molar-refractivity contribution in [3.8, 4) is 6.07 Å². The third-order valence-corrected chi connectivity index (χ3v) is 2.85. The van der Waals surface area contributed by atoms with Crippen molar-refractivity contribution in [3.63, 3.8) is 0 Å². The molecular weight excluding hydrogens is 248 g/mol. The lowest BCUT2D eigenvalue weighted by atomic mass is 10.2. The lowest BCUT2D eigenvalue weighted by molar-refractivity contribution is 0.746. The van der Waals surface area contributed by atoms with Crippen LogP contribution in [0.15, 0.2) is 24.4 Å². The molecule has 0 saturated carbocycles. The predicted octanol–water partition coefficient (Wildman–Crippen LogP) is 3.25. The Morgan fingerprint density at radius 3 is 2.89 bits per heavy atom. The van der Waals surface area contributed by atoms with Crippen molar-refractivity contribution in [1.29, 1.82) is 5.26 Å². The first-order valence-electron chi connectivity index (χ1n) is 5.63. The summed E-state index contributed by atoms with van der Waals surface area (Å²) in [6.45, 7) is 2.04. The summed E-state index contributed by atoms with van der Waals surface area (Å²) in [7, 11) is 1.87. The van der Waals surface area contributed by atoms with Crippen LogP contribution in [0.2, 0.25) is 5.02 Å². The Kier molecular flexibility index (Phi) is 3.54. The van der Waals surface area contributed by atoms with Crippen LogP contribution in [0.5, 0.6) is 0 Å². The molecule has 0 bridgehead atoms. The highest BCUT2D eigenvalue weighted by atomic mass is 35.5. The topological polar surface area (TPSA) is 53.6 Å². The van der Waals surface area contributed by atoms with E-state index in [2.05, 4.69) is 16.5 Å². The number of hydrogen-bond donors (Lipinski definition) is 1. The van der Waals surface area contributed by atoms with Crippen LogP contribution in [0.3, 0.4) is 0 Å². The first-order valence-corrected chi connectivity index (χ1v) is 6.01. The minimum atomic E-state index is 0.560. The first kappa shape index (κ1) is 12.5. The summed E-state index contributed by atoms with van der Waals surface area (Å²) in [5, 5.41) is 17.2. The third-order valence-electron chi connectivity index (χ3n) is 2.61. The summed E-state index contributed by atoms with van der Waals surface area (Å²) in [6.07, 6.45) is 2.71. The van der Waals surface area contributed by atoms with Crippen molar-refractivity contribution < 1.29 is 0 Å². The highest BCUT2D eigenvalue weighted by Crippen LogP contribution is 2.26. The molecular formula is C13H13ClN4. The number of benzene rings is 1. The number of aromatic nitrogens is 2. The maximum Gasteiger partial charge on any atom is 0.101 e. The Labute approximate surface area is 111 Å². The SMILES string of the molecule is CCc1nn(C)cc1Nc1cc(Cl)ccc1C#N. The van der Waals surface area contributed by atoms with Gasteiger partial charge in [-0.05, 0) is 24.6 Å². The van der Waals surface area contributed by atoms with E-state index in [0.29, 0.717) is 16.3 Å². The van der Waals surface area contributed by atoms with Gasteiger partial charge in [0.05, 0.1) is 22.6 Å². The number of hydrogen-bond acceptors (Lipinski definition) is 3. The summed E-state index contributed by atoms with van der Waals surface area (Å²) in [5.74, 6) is 0. The Morgan fingerprint density at radius 1 is 1.44 bits per heavy atom. The second-order valence-corrected chi connectivity index (χ2v) is 4.38. The molecule has 0 saturated heterocycles. The molecule has 0 aliphatic heterocycles. The average Bonchev–Trinajstić information content (AvgIpc) is 2.70. The van der Waals surface area contributed by atoms with Gasteiger partial charge in [0.2, 0.25) is 0 Å². The minimum Gasteiger partial charge on any atom is -0.352 e. The fourth-order valence-corrected chi connectivity index (χ4v) is 1.93. The summed E-state index contributed by atoms with van der Waals surface area (Å²) in [4.78, 5) is 0. The molecule has 1 N–H and O–H groups in total. The van der Waals surface area contributed by atoms with Gasteiger partial charge in [-0.1, -0.05) is 18.5 Å². The van der Waals surface area contributed by atoms with Crippen LogP contribution < -0.4 is 5.32 Å². The molecule has 2 rings (SSSR count). The number of halogens is 1. The second kappa shape index (κ2) is 5.11. The number of aryl methyl sites for hydroxylation is 2. The van der Waals surface area contributed by atoms with Gasteiger partial charge in [-0.2, -0.15) is 10.4 Å². The van der Waals surface area contributed by atoms with Gasteiger partial charge in [-0.3, -0.25) is 4.68 Å². The quantitative estimate of drug-likeness (QED) is 0.922. The summed E-state index contributed by atoms with van der Waals surface area (Å²) < 4.78 is 1.75. The molecule has 1 aromatic carbocycles. The molecule has 0 fully saturated rings. The standard InChI is InChI=1S/C13H13ClN4/c1-3-11-13(8-18(2)17-11)16-12-6-10(14)5-4-9(12)7-15/h4-6,8,16H,3H2,1-2H3. The van der Waals surface area contributed by atoms with Gasteiger partial charge in [-0.15, -0.1) is 0 Å². The molecule has 92 valence electrons. The lowest BCUT2D eigenvalue weighted by Gasteiger charge is -2.07. The summed E-state index contributed by atoms with van der Waals surface area (Å²) in [6, 6.07) is 7.29. The highest BCUT2D eigenvalue weighted by molar-refractivity contribution is 6.30. The number of nitriles is 1. The summed E-state index contributed by atoms with van der Waals surface area (Å²) >= 11 is 5.95. The van der Waals surface area contributed by atoms with Gasteiger partial charge < -0.3 is 5.32 Å². The second-order valence-electron chi connectivity index (χ2n) is 3.94. The maximum absolute atomic E-state index is 9.07. The fraction of sp³-hybridized carbons (Fsp3) is 0.231. The number of nitrogens with one attached hydrogen (secondary N) is 1. The Balaban J connectivity index is 2.39. The zero-order valence-corrected chi connectivity index (χ0v) is 11.0. The largest absolute Gasteiger partial charge is 0.352 e. The lowest BCUT2D eigenvalue weighted by Crippen LogP contribution is -1.95. The average molecular weight is 261 g/mol. The van der Waals surface area contributed by atoms with Gasteiger partial charge in [-0.25, -0.2) is 0 Å². The molecule has 5 heteroatoms. The molecule has 0 aliphatic rings. The molecule has 2 aromatic rings. The molecule has 1 aromatic heterocycles. The molecule has 0 radical (unpaired) electrons. The Morgan fingerprint density at radius 2 is 2.22 bits per heavy atom.